The molecule has 0 aliphatic rings. The number of amides is 1. The molecule has 7 heteroatoms. The third-order valence-corrected chi connectivity index (χ3v) is 3.50. The van der Waals surface area contributed by atoms with Gasteiger partial charge >= 0.3 is 5.97 Å². The Labute approximate surface area is 151 Å². The van der Waals surface area contributed by atoms with Crippen LogP contribution in [0.5, 0.6) is 11.5 Å². The smallest absolute Gasteiger partial charge is 0.331 e. The number of carbonyl (C=O) groups is 2. The van der Waals surface area contributed by atoms with Crippen LogP contribution in [0.4, 0.5) is 0 Å². The summed E-state index contributed by atoms with van der Waals surface area (Å²) in [6.07, 6.45) is 3.41. The Kier molecular flexibility index (Phi) is 6.84. The number of benzene rings is 1. The Hall–Kier alpha value is -3.22. The van der Waals surface area contributed by atoms with Gasteiger partial charge in [0, 0.05) is 6.08 Å². The Morgan fingerprint density at radius 2 is 1.96 bits per heavy atom. The van der Waals surface area contributed by atoms with Crippen LogP contribution in [-0.2, 0) is 20.9 Å². The van der Waals surface area contributed by atoms with Crippen LogP contribution in [0.1, 0.15) is 18.2 Å². The largest absolute Gasteiger partial charge is 0.493 e. The van der Waals surface area contributed by atoms with Gasteiger partial charge in [-0.15, -0.1) is 0 Å². The van der Waals surface area contributed by atoms with Crippen LogP contribution < -0.4 is 14.8 Å². The number of furan rings is 1. The molecular weight excluding hydrogens is 338 g/mol. The lowest BCUT2D eigenvalue weighted by atomic mass is 10.2. The number of nitrogens with one attached hydrogen (secondary N) is 1. The summed E-state index contributed by atoms with van der Waals surface area (Å²) in [5.41, 5.74) is 0.731. The van der Waals surface area contributed by atoms with Crippen molar-refractivity contribution in [2.24, 2.45) is 0 Å². The second-order valence-electron chi connectivity index (χ2n) is 5.32. The minimum atomic E-state index is -0.924. The minimum Gasteiger partial charge on any atom is -0.493 e. The fraction of sp³-hybridized carbons (Fsp3) is 0.263. The van der Waals surface area contributed by atoms with Crippen LogP contribution in [0.15, 0.2) is 47.1 Å². The Balaban J connectivity index is 1.86. The van der Waals surface area contributed by atoms with E-state index < -0.39 is 18.0 Å². The molecule has 1 atom stereocenters. The molecule has 0 unspecified atom stereocenters. The van der Waals surface area contributed by atoms with Crippen molar-refractivity contribution in [2.75, 3.05) is 14.2 Å². The molecule has 0 aliphatic heterocycles. The van der Waals surface area contributed by atoms with E-state index in [1.165, 1.54) is 26.4 Å². The number of esters is 1. The lowest BCUT2D eigenvalue weighted by Crippen LogP contribution is -2.35. The molecule has 0 fully saturated rings. The first-order chi connectivity index (χ1) is 12.5. The Morgan fingerprint density at radius 3 is 2.62 bits per heavy atom. The molecule has 1 aromatic heterocycles. The summed E-state index contributed by atoms with van der Waals surface area (Å²) in [6.45, 7) is 1.73. The number of rotatable bonds is 8. The topological polar surface area (TPSA) is 87.0 Å². The van der Waals surface area contributed by atoms with Crippen molar-refractivity contribution >= 4 is 18.0 Å². The number of methoxy groups -OCH3 is 2. The molecular formula is C19H21NO6. The summed E-state index contributed by atoms with van der Waals surface area (Å²) in [5.74, 6) is 0.725. The van der Waals surface area contributed by atoms with E-state index in [9.17, 15) is 9.59 Å². The third-order valence-electron chi connectivity index (χ3n) is 3.50. The van der Waals surface area contributed by atoms with Crippen LogP contribution in [-0.4, -0.2) is 32.2 Å². The summed E-state index contributed by atoms with van der Waals surface area (Å²) in [4.78, 5) is 23.8. The van der Waals surface area contributed by atoms with Crippen LogP contribution in [0, 0.1) is 0 Å². The number of carbonyl (C=O) groups excluding carboxylic acids is 2. The van der Waals surface area contributed by atoms with Crippen molar-refractivity contribution < 1.29 is 28.2 Å². The summed E-state index contributed by atoms with van der Waals surface area (Å²) >= 11 is 0. The second kappa shape index (κ2) is 9.31. The monoisotopic (exact) mass is 359 g/mol. The summed E-state index contributed by atoms with van der Waals surface area (Å²) < 4.78 is 20.6. The zero-order valence-electron chi connectivity index (χ0n) is 14.9. The first kappa shape index (κ1) is 19.1. The zero-order chi connectivity index (χ0) is 18.9. The van der Waals surface area contributed by atoms with Crippen molar-refractivity contribution in [3.63, 3.8) is 0 Å². The molecule has 0 saturated carbocycles. The maximum absolute atomic E-state index is 11.9. The minimum absolute atomic E-state index is 0.231. The van der Waals surface area contributed by atoms with E-state index in [0.717, 1.165) is 5.56 Å². The van der Waals surface area contributed by atoms with Gasteiger partial charge in [0.25, 0.3) is 5.91 Å². The van der Waals surface area contributed by atoms with Crippen LogP contribution in [0.2, 0.25) is 0 Å². The molecule has 1 N–H and O–H groups in total. The highest BCUT2D eigenvalue weighted by Gasteiger charge is 2.16. The lowest BCUT2D eigenvalue weighted by molar-refractivity contribution is -0.150. The summed E-state index contributed by atoms with van der Waals surface area (Å²) in [7, 11) is 3.08. The standard InChI is InChI=1S/C19H21NO6/c1-13(19(22)20-12-15-5-4-10-25-15)26-18(21)9-7-14-6-8-16(23-2)17(11-14)24-3/h4-11,13H,12H2,1-3H3,(H,20,22)/b9-7+/t13-/m0/s1. The van der Waals surface area contributed by atoms with Crippen molar-refractivity contribution in [1.82, 2.24) is 5.32 Å². The molecule has 0 spiro atoms. The summed E-state index contributed by atoms with van der Waals surface area (Å²) in [6, 6.07) is 8.69. The van der Waals surface area contributed by atoms with Gasteiger partial charge in [-0.25, -0.2) is 4.79 Å². The van der Waals surface area contributed by atoms with E-state index in [4.69, 9.17) is 18.6 Å². The fourth-order valence-electron chi connectivity index (χ4n) is 2.12. The van der Waals surface area contributed by atoms with Crippen molar-refractivity contribution in [1.29, 1.82) is 0 Å². The van der Waals surface area contributed by atoms with Gasteiger partial charge in [0.2, 0.25) is 0 Å². The van der Waals surface area contributed by atoms with Gasteiger partial charge in [-0.1, -0.05) is 6.07 Å². The van der Waals surface area contributed by atoms with E-state index >= 15 is 0 Å². The average molecular weight is 359 g/mol. The van der Waals surface area contributed by atoms with Gasteiger partial charge in [0.15, 0.2) is 17.6 Å². The SMILES string of the molecule is COc1ccc(/C=C/C(=O)O[C@@H](C)C(=O)NCc2ccco2)cc1OC. The maximum Gasteiger partial charge on any atom is 0.331 e. The van der Waals surface area contributed by atoms with Gasteiger partial charge < -0.3 is 23.9 Å². The number of hydrogen-bond acceptors (Lipinski definition) is 6. The number of hydrogen-bond donors (Lipinski definition) is 1. The highest BCUT2D eigenvalue weighted by Crippen LogP contribution is 2.27. The van der Waals surface area contributed by atoms with Gasteiger partial charge in [0.1, 0.15) is 5.76 Å². The van der Waals surface area contributed by atoms with E-state index in [1.54, 1.807) is 43.5 Å². The molecule has 0 bridgehead atoms. The fourth-order valence-corrected chi connectivity index (χ4v) is 2.12. The molecule has 7 nitrogen and oxygen atoms in total. The highest BCUT2D eigenvalue weighted by molar-refractivity contribution is 5.90. The predicted molar refractivity (Wildman–Crippen MR) is 94.7 cm³/mol. The first-order valence-electron chi connectivity index (χ1n) is 7.94. The van der Waals surface area contributed by atoms with E-state index in [0.29, 0.717) is 17.3 Å². The highest BCUT2D eigenvalue weighted by atomic mass is 16.5. The Bertz CT molecular complexity index is 766. The van der Waals surface area contributed by atoms with Crippen molar-refractivity contribution in [3.8, 4) is 11.5 Å². The van der Waals surface area contributed by atoms with Crippen LogP contribution in [0.25, 0.3) is 6.08 Å². The predicted octanol–water partition coefficient (Wildman–Crippen LogP) is 2.56. The van der Waals surface area contributed by atoms with Crippen LogP contribution >= 0.6 is 0 Å². The van der Waals surface area contributed by atoms with Gasteiger partial charge in [-0.2, -0.15) is 0 Å². The van der Waals surface area contributed by atoms with Gasteiger partial charge in [-0.05, 0) is 42.8 Å². The van der Waals surface area contributed by atoms with Crippen LogP contribution in [0.3, 0.4) is 0 Å². The van der Waals surface area contributed by atoms with E-state index in [2.05, 4.69) is 5.32 Å². The van der Waals surface area contributed by atoms with Crippen molar-refractivity contribution in [2.45, 2.75) is 19.6 Å². The molecule has 0 aliphatic carbocycles. The second-order valence-corrected chi connectivity index (χ2v) is 5.32. The molecule has 1 aromatic carbocycles. The third kappa shape index (κ3) is 5.41. The van der Waals surface area contributed by atoms with E-state index in [1.807, 2.05) is 0 Å². The molecule has 0 radical (unpaired) electrons. The molecule has 1 heterocycles. The number of ether oxygens (including phenoxy) is 3. The van der Waals surface area contributed by atoms with Crippen molar-refractivity contribution in [3.05, 3.63) is 54.0 Å². The molecule has 1 amide bonds. The quantitative estimate of drug-likeness (QED) is 0.576. The summed E-state index contributed by atoms with van der Waals surface area (Å²) in [5, 5.41) is 2.63. The Morgan fingerprint density at radius 1 is 1.19 bits per heavy atom. The molecule has 2 rings (SSSR count). The van der Waals surface area contributed by atoms with Gasteiger partial charge in [-0.3, -0.25) is 4.79 Å². The molecule has 2 aromatic rings. The first-order valence-corrected chi connectivity index (χ1v) is 7.94. The molecule has 0 saturated heterocycles. The molecule has 26 heavy (non-hydrogen) atoms. The lowest BCUT2D eigenvalue weighted by Gasteiger charge is -2.11. The maximum atomic E-state index is 11.9. The zero-order valence-corrected chi connectivity index (χ0v) is 14.9. The van der Waals surface area contributed by atoms with Gasteiger partial charge in [0.05, 0.1) is 27.0 Å². The average Bonchev–Trinajstić information content (AvgIpc) is 3.17. The molecule has 138 valence electrons. The van der Waals surface area contributed by atoms with E-state index in [-0.39, 0.29) is 6.54 Å². The normalized spacial score (nSPS) is 11.8.